The molecule has 9 heteroatoms. The number of rotatable bonds is 4. The topological polar surface area (TPSA) is 114 Å². The van der Waals surface area contributed by atoms with E-state index in [1.807, 2.05) is 13.0 Å². The standard InChI is InChI=1S/C20H17FN4O4/c1-2-19-23-16-10-28-4-3-13(16)20(27)25(19)9-12-6-18(29-24-12)14-7-17(26)15(21)5-11(14)8-22/h5-7,26H,2-4,9-10H2,1H3. The molecule has 3 aromatic rings. The van der Waals surface area contributed by atoms with Crippen LogP contribution in [0.25, 0.3) is 11.3 Å². The molecule has 0 saturated heterocycles. The van der Waals surface area contributed by atoms with Gasteiger partial charge in [-0.2, -0.15) is 5.26 Å². The molecule has 2 aromatic heterocycles. The van der Waals surface area contributed by atoms with Gasteiger partial charge in [0.1, 0.15) is 17.6 Å². The van der Waals surface area contributed by atoms with Crippen LogP contribution in [-0.4, -0.2) is 26.4 Å². The van der Waals surface area contributed by atoms with Crippen molar-refractivity contribution in [3.05, 3.63) is 62.7 Å². The van der Waals surface area contributed by atoms with Gasteiger partial charge in [0.2, 0.25) is 0 Å². The quantitative estimate of drug-likeness (QED) is 0.720. The zero-order valence-electron chi connectivity index (χ0n) is 15.6. The van der Waals surface area contributed by atoms with E-state index in [2.05, 4.69) is 10.1 Å². The number of halogens is 1. The summed E-state index contributed by atoms with van der Waals surface area (Å²) in [6.45, 7) is 2.86. The highest BCUT2D eigenvalue weighted by molar-refractivity contribution is 5.68. The van der Waals surface area contributed by atoms with Crippen LogP contribution in [0, 0.1) is 17.1 Å². The number of ether oxygens (including phenoxy) is 1. The number of fused-ring (bicyclic) bond motifs is 1. The second-order valence-corrected chi connectivity index (χ2v) is 6.64. The molecule has 1 aromatic carbocycles. The van der Waals surface area contributed by atoms with Crippen LogP contribution >= 0.6 is 0 Å². The van der Waals surface area contributed by atoms with E-state index in [1.54, 1.807) is 10.6 Å². The molecule has 148 valence electrons. The summed E-state index contributed by atoms with van der Waals surface area (Å²) in [7, 11) is 0. The molecule has 1 N–H and O–H groups in total. The van der Waals surface area contributed by atoms with E-state index in [-0.39, 0.29) is 29.0 Å². The SMILES string of the molecule is CCc1nc2c(c(=O)n1Cc1cc(-c3cc(O)c(F)cc3C#N)on1)CCOC2. The number of phenolic OH excluding ortho intramolecular Hbond substituents is 1. The first kappa shape index (κ1) is 18.8. The van der Waals surface area contributed by atoms with Crippen molar-refractivity contribution in [3.8, 4) is 23.1 Å². The summed E-state index contributed by atoms with van der Waals surface area (Å²) in [5.74, 6) is -0.686. The fourth-order valence-electron chi connectivity index (χ4n) is 3.37. The van der Waals surface area contributed by atoms with E-state index in [0.29, 0.717) is 48.8 Å². The highest BCUT2D eigenvalue weighted by Crippen LogP contribution is 2.30. The number of nitrogens with zero attached hydrogens (tertiary/aromatic N) is 4. The molecule has 0 bridgehead atoms. The van der Waals surface area contributed by atoms with Crippen LogP contribution in [0.1, 0.15) is 35.3 Å². The highest BCUT2D eigenvalue weighted by atomic mass is 19.1. The van der Waals surface area contributed by atoms with Gasteiger partial charge in [0.15, 0.2) is 17.3 Å². The van der Waals surface area contributed by atoms with Gasteiger partial charge in [-0.3, -0.25) is 9.36 Å². The largest absolute Gasteiger partial charge is 0.505 e. The van der Waals surface area contributed by atoms with Crippen LogP contribution in [0.2, 0.25) is 0 Å². The second kappa shape index (κ2) is 7.48. The molecule has 0 radical (unpaired) electrons. The van der Waals surface area contributed by atoms with Gasteiger partial charge in [-0.15, -0.1) is 0 Å². The molecule has 4 rings (SSSR count). The maximum absolute atomic E-state index is 13.5. The van der Waals surface area contributed by atoms with Gasteiger partial charge in [-0.25, -0.2) is 9.37 Å². The molecule has 0 saturated carbocycles. The zero-order chi connectivity index (χ0) is 20.5. The summed E-state index contributed by atoms with van der Waals surface area (Å²) in [6, 6.07) is 5.47. The average molecular weight is 396 g/mol. The van der Waals surface area contributed by atoms with E-state index in [9.17, 15) is 19.6 Å². The molecule has 0 fully saturated rings. The predicted octanol–water partition coefficient (Wildman–Crippen LogP) is 2.30. The van der Waals surface area contributed by atoms with Crippen molar-refractivity contribution < 1.29 is 18.8 Å². The van der Waals surface area contributed by atoms with Crippen molar-refractivity contribution >= 4 is 0 Å². The smallest absolute Gasteiger partial charge is 0.257 e. The number of nitriles is 1. The van der Waals surface area contributed by atoms with E-state index in [4.69, 9.17) is 9.26 Å². The Kier molecular flexibility index (Phi) is 4.86. The zero-order valence-corrected chi connectivity index (χ0v) is 15.6. The van der Waals surface area contributed by atoms with E-state index in [1.165, 1.54) is 0 Å². The third-order valence-corrected chi connectivity index (χ3v) is 4.83. The molecule has 1 aliphatic heterocycles. The Bertz CT molecular complexity index is 1190. The molecule has 0 atom stereocenters. The molecule has 0 amide bonds. The summed E-state index contributed by atoms with van der Waals surface area (Å²) < 4.78 is 25.8. The minimum absolute atomic E-state index is 0.00450. The molecule has 29 heavy (non-hydrogen) atoms. The van der Waals surface area contributed by atoms with Crippen LogP contribution < -0.4 is 5.56 Å². The molecular weight excluding hydrogens is 379 g/mol. The Balaban J connectivity index is 1.72. The summed E-state index contributed by atoms with van der Waals surface area (Å²) in [4.78, 5) is 17.5. The van der Waals surface area contributed by atoms with Crippen LogP contribution in [-0.2, 0) is 30.7 Å². The van der Waals surface area contributed by atoms with Gasteiger partial charge in [-0.05, 0) is 12.1 Å². The lowest BCUT2D eigenvalue weighted by Crippen LogP contribution is -2.33. The Morgan fingerprint density at radius 1 is 1.38 bits per heavy atom. The Morgan fingerprint density at radius 3 is 2.97 bits per heavy atom. The van der Waals surface area contributed by atoms with Gasteiger partial charge in [0, 0.05) is 30.0 Å². The Morgan fingerprint density at radius 2 is 2.21 bits per heavy atom. The van der Waals surface area contributed by atoms with E-state index < -0.39 is 11.6 Å². The van der Waals surface area contributed by atoms with Gasteiger partial charge in [0.05, 0.1) is 31.0 Å². The third-order valence-electron chi connectivity index (χ3n) is 4.83. The Labute approximate surface area is 164 Å². The van der Waals surface area contributed by atoms with Crippen LogP contribution in [0.5, 0.6) is 5.75 Å². The number of hydrogen-bond acceptors (Lipinski definition) is 7. The second-order valence-electron chi connectivity index (χ2n) is 6.64. The first-order valence-corrected chi connectivity index (χ1v) is 9.09. The maximum atomic E-state index is 13.5. The first-order valence-electron chi connectivity index (χ1n) is 9.09. The molecular formula is C20H17FN4O4. The number of aromatic hydroxyl groups is 1. The van der Waals surface area contributed by atoms with Gasteiger partial charge in [-0.1, -0.05) is 12.1 Å². The third kappa shape index (κ3) is 3.39. The minimum Gasteiger partial charge on any atom is -0.505 e. The molecule has 0 unspecified atom stereocenters. The lowest BCUT2D eigenvalue weighted by atomic mass is 10.0. The summed E-state index contributed by atoms with van der Waals surface area (Å²) in [5, 5.41) is 22.8. The number of aryl methyl sites for hydroxylation is 1. The number of benzene rings is 1. The van der Waals surface area contributed by atoms with Crippen molar-refractivity contribution in [3.63, 3.8) is 0 Å². The maximum Gasteiger partial charge on any atom is 0.257 e. The van der Waals surface area contributed by atoms with Crippen molar-refractivity contribution in [2.24, 2.45) is 0 Å². The van der Waals surface area contributed by atoms with Gasteiger partial charge >= 0.3 is 0 Å². The summed E-state index contributed by atoms with van der Waals surface area (Å²) in [5.41, 5.74) is 1.86. The Hall–Kier alpha value is -3.51. The number of phenols is 1. The highest BCUT2D eigenvalue weighted by Gasteiger charge is 2.21. The van der Waals surface area contributed by atoms with Crippen molar-refractivity contribution in [1.82, 2.24) is 14.7 Å². The monoisotopic (exact) mass is 396 g/mol. The normalized spacial score (nSPS) is 13.1. The van der Waals surface area contributed by atoms with Crippen LogP contribution in [0.15, 0.2) is 27.5 Å². The summed E-state index contributed by atoms with van der Waals surface area (Å²) >= 11 is 0. The number of aromatic nitrogens is 3. The molecule has 3 heterocycles. The fraction of sp³-hybridized carbons (Fsp3) is 0.300. The average Bonchev–Trinajstić information content (AvgIpc) is 3.20. The van der Waals surface area contributed by atoms with Crippen molar-refractivity contribution in [2.75, 3.05) is 6.61 Å². The first-order chi connectivity index (χ1) is 14.0. The molecule has 1 aliphatic rings. The molecule has 0 aliphatic carbocycles. The lowest BCUT2D eigenvalue weighted by molar-refractivity contribution is 0.106. The van der Waals surface area contributed by atoms with Crippen molar-refractivity contribution in [1.29, 1.82) is 5.26 Å². The molecule has 0 spiro atoms. The predicted molar refractivity (Wildman–Crippen MR) is 98.6 cm³/mol. The lowest BCUT2D eigenvalue weighted by Gasteiger charge is -2.19. The van der Waals surface area contributed by atoms with Gasteiger partial charge < -0.3 is 14.4 Å². The van der Waals surface area contributed by atoms with E-state index >= 15 is 0 Å². The minimum atomic E-state index is -0.895. The number of hydrogen-bond donors (Lipinski definition) is 1. The van der Waals surface area contributed by atoms with Crippen LogP contribution in [0.3, 0.4) is 0 Å². The summed E-state index contributed by atoms with van der Waals surface area (Å²) in [6.07, 6.45) is 1.06. The molecule has 8 nitrogen and oxygen atoms in total. The fourth-order valence-corrected chi connectivity index (χ4v) is 3.37. The van der Waals surface area contributed by atoms with Crippen molar-refractivity contribution in [2.45, 2.75) is 32.9 Å². The van der Waals surface area contributed by atoms with Crippen LogP contribution in [0.4, 0.5) is 4.39 Å². The van der Waals surface area contributed by atoms with E-state index in [0.717, 1.165) is 12.1 Å². The van der Waals surface area contributed by atoms with Gasteiger partial charge in [0.25, 0.3) is 5.56 Å².